The molecule has 0 radical (unpaired) electrons. The topological polar surface area (TPSA) is 79.2 Å². The Morgan fingerprint density at radius 1 is 1.37 bits per heavy atom. The van der Waals surface area contributed by atoms with Crippen LogP contribution in [0.2, 0.25) is 5.02 Å². The number of hydrogen-bond acceptors (Lipinski definition) is 4. The monoisotopic (exact) mass is 412 g/mol. The number of halogens is 2. The second-order valence-corrected chi connectivity index (χ2v) is 8.09. The molecule has 0 saturated carbocycles. The molecule has 1 amide bonds. The van der Waals surface area contributed by atoms with Gasteiger partial charge in [-0.2, -0.15) is 5.10 Å². The number of aliphatic hydroxyl groups is 1. The van der Waals surface area contributed by atoms with Crippen molar-refractivity contribution in [3.05, 3.63) is 41.0 Å². The Labute approximate surface area is 170 Å². The Morgan fingerprint density at radius 3 is 2.67 bits per heavy atom. The lowest BCUT2D eigenvalue weighted by atomic mass is 10.1. The summed E-state index contributed by atoms with van der Waals surface area (Å²) in [5, 5.41) is 21.1. The summed E-state index contributed by atoms with van der Waals surface area (Å²) in [4.78, 5) is 12.8. The zero-order valence-electron chi connectivity index (χ0n) is 15.7. The quantitative estimate of drug-likeness (QED) is 0.720. The van der Waals surface area contributed by atoms with Crippen molar-refractivity contribution < 1.29 is 9.90 Å². The van der Waals surface area contributed by atoms with Gasteiger partial charge in [-0.1, -0.05) is 29.8 Å². The molecule has 27 heavy (non-hydrogen) atoms. The average molecular weight is 413 g/mol. The third-order valence-electron chi connectivity index (χ3n) is 4.60. The van der Waals surface area contributed by atoms with E-state index in [2.05, 4.69) is 15.7 Å². The predicted molar refractivity (Wildman–Crippen MR) is 110 cm³/mol. The number of carbonyl (C=O) groups excluding carboxylic acids is 1. The molecule has 1 aliphatic rings. The van der Waals surface area contributed by atoms with E-state index in [1.807, 2.05) is 39.0 Å². The summed E-state index contributed by atoms with van der Waals surface area (Å²) < 4.78 is 1.78. The molecule has 3 rings (SSSR count). The highest BCUT2D eigenvalue weighted by Gasteiger charge is 2.27. The molecule has 1 aromatic carbocycles. The lowest BCUT2D eigenvalue weighted by Gasteiger charge is -2.18. The number of nitrogens with zero attached hydrogens (tertiary/aromatic N) is 2. The standard InChI is InChI=1S/C19H25ClN4O2.ClH/c1-19(2,3)24-11-14(17(23-24)13-6-4-5-7-15(13)20)18(26)22-9-12-8-21-10-16(12)25;/h4-7,11-12,16,21,25H,8-10H2,1-3H3,(H,22,26);1H. The summed E-state index contributed by atoms with van der Waals surface area (Å²) >= 11 is 6.34. The number of aliphatic hydroxyl groups excluding tert-OH is 1. The van der Waals surface area contributed by atoms with Gasteiger partial charge < -0.3 is 15.7 Å². The fourth-order valence-electron chi connectivity index (χ4n) is 2.98. The van der Waals surface area contributed by atoms with Crippen molar-refractivity contribution in [1.82, 2.24) is 20.4 Å². The summed E-state index contributed by atoms with van der Waals surface area (Å²) in [6.07, 6.45) is 1.33. The number of amides is 1. The van der Waals surface area contributed by atoms with Crippen LogP contribution in [0.5, 0.6) is 0 Å². The van der Waals surface area contributed by atoms with Crippen molar-refractivity contribution in [2.45, 2.75) is 32.4 Å². The van der Waals surface area contributed by atoms with Gasteiger partial charge in [-0.05, 0) is 26.8 Å². The van der Waals surface area contributed by atoms with E-state index in [1.165, 1.54) is 0 Å². The number of carbonyl (C=O) groups is 1. The summed E-state index contributed by atoms with van der Waals surface area (Å²) in [5.74, 6) is -0.199. The van der Waals surface area contributed by atoms with E-state index in [-0.39, 0.29) is 29.8 Å². The number of hydrogen-bond donors (Lipinski definition) is 3. The predicted octanol–water partition coefficient (Wildman–Crippen LogP) is 2.69. The van der Waals surface area contributed by atoms with Crippen molar-refractivity contribution >= 4 is 29.9 Å². The van der Waals surface area contributed by atoms with E-state index in [0.717, 1.165) is 5.56 Å². The second-order valence-electron chi connectivity index (χ2n) is 7.68. The summed E-state index contributed by atoms with van der Waals surface area (Å²) in [7, 11) is 0. The molecular weight excluding hydrogens is 387 g/mol. The minimum Gasteiger partial charge on any atom is -0.391 e. The fourth-order valence-corrected chi connectivity index (χ4v) is 3.21. The van der Waals surface area contributed by atoms with Crippen LogP contribution < -0.4 is 10.6 Å². The van der Waals surface area contributed by atoms with E-state index >= 15 is 0 Å². The van der Waals surface area contributed by atoms with E-state index < -0.39 is 6.10 Å². The van der Waals surface area contributed by atoms with Crippen molar-refractivity contribution in [1.29, 1.82) is 0 Å². The van der Waals surface area contributed by atoms with Crippen LogP contribution in [0.1, 0.15) is 31.1 Å². The first-order valence-corrected chi connectivity index (χ1v) is 9.17. The lowest BCUT2D eigenvalue weighted by Crippen LogP contribution is -2.34. The van der Waals surface area contributed by atoms with Crippen molar-refractivity contribution in [3.63, 3.8) is 0 Å². The molecule has 1 saturated heterocycles. The number of aromatic nitrogens is 2. The van der Waals surface area contributed by atoms with Crippen LogP contribution in [0, 0.1) is 5.92 Å². The molecule has 1 fully saturated rings. The summed E-state index contributed by atoms with van der Waals surface area (Å²) in [5.41, 5.74) is 1.51. The Bertz CT molecular complexity index is 801. The zero-order chi connectivity index (χ0) is 18.9. The second kappa shape index (κ2) is 8.61. The Hall–Kier alpha value is -1.60. The smallest absolute Gasteiger partial charge is 0.255 e. The van der Waals surface area contributed by atoms with Gasteiger partial charge in [0.2, 0.25) is 0 Å². The molecule has 0 spiro atoms. The van der Waals surface area contributed by atoms with Crippen LogP contribution in [-0.4, -0.2) is 46.5 Å². The largest absolute Gasteiger partial charge is 0.391 e. The van der Waals surface area contributed by atoms with E-state index in [0.29, 0.717) is 35.9 Å². The minimum atomic E-state index is -0.435. The molecule has 148 valence electrons. The number of rotatable bonds is 4. The van der Waals surface area contributed by atoms with Crippen LogP contribution >= 0.6 is 24.0 Å². The van der Waals surface area contributed by atoms with Gasteiger partial charge in [-0.3, -0.25) is 9.48 Å². The minimum absolute atomic E-state index is 0. The van der Waals surface area contributed by atoms with Crippen molar-refractivity contribution in [2.75, 3.05) is 19.6 Å². The van der Waals surface area contributed by atoms with Crippen LogP contribution in [0.4, 0.5) is 0 Å². The fraction of sp³-hybridized carbons (Fsp3) is 0.474. The first kappa shape index (κ1) is 21.7. The number of benzene rings is 1. The maximum atomic E-state index is 12.8. The van der Waals surface area contributed by atoms with Gasteiger partial charge >= 0.3 is 0 Å². The van der Waals surface area contributed by atoms with Gasteiger partial charge in [0.05, 0.1) is 22.2 Å². The molecule has 1 aromatic heterocycles. The molecule has 2 heterocycles. The van der Waals surface area contributed by atoms with Crippen LogP contribution in [0.15, 0.2) is 30.5 Å². The highest BCUT2D eigenvalue weighted by molar-refractivity contribution is 6.33. The molecule has 8 heteroatoms. The molecule has 1 aliphatic heterocycles. The molecule has 6 nitrogen and oxygen atoms in total. The first-order valence-electron chi connectivity index (χ1n) is 8.79. The van der Waals surface area contributed by atoms with Crippen molar-refractivity contribution in [3.8, 4) is 11.3 Å². The highest BCUT2D eigenvalue weighted by Crippen LogP contribution is 2.30. The third kappa shape index (κ3) is 4.82. The average Bonchev–Trinajstić information content (AvgIpc) is 3.19. The Balaban J connectivity index is 0.00000261. The molecular formula is C19H26Cl2N4O2. The van der Waals surface area contributed by atoms with Gasteiger partial charge in [0.15, 0.2) is 0 Å². The third-order valence-corrected chi connectivity index (χ3v) is 4.93. The van der Waals surface area contributed by atoms with Crippen molar-refractivity contribution in [2.24, 2.45) is 5.92 Å². The summed E-state index contributed by atoms with van der Waals surface area (Å²) in [6.45, 7) is 7.75. The van der Waals surface area contributed by atoms with Gasteiger partial charge in [0.25, 0.3) is 5.91 Å². The van der Waals surface area contributed by atoms with Crippen LogP contribution in [-0.2, 0) is 5.54 Å². The SMILES string of the molecule is CC(C)(C)n1cc(C(=O)NCC2CNCC2O)c(-c2ccccc2Cl)n1.Cl. The van der Waals surface area contributed by atoms with Crippen LogP contribution in [0.25, 0.3) is 11.3 Å². The maximum Gasteiger partial charge on any atom is 0.255 e. The van der Waals surface area contributed by atoms with E-state index in [1.54, 1.807) is 16.9 Å². The van der Waals surface area contributed by atoms with E-state index in [9.17, 15) is 9.90 Å². The molecule has 2 aromatic rings. The lowest BCUT2D eigenvalue weighted by molar-refractivity contribution is 0.0927. The number of β-amino-alcohol motifs (C(OH)–C–C–N with tert-alkyl or cyclic N) is 1. The zero-order valence-corrected chi connectivity index (χ0v) is 17.3. The summed E-state index contributed by atoms with van der Waals surface area (Å²) in [6, 6.07) is 7.37. The molecule has 2 atom stereocenters. The maximum absolute atomic E-state index is 12.8. The van der Waals surface area contributed by atoms with Crippen LogP contribution in [0.3, 0.4) is 0 Å². The van der Waals surface area contributed by atoms with Gasteiger partial charge in [0.1, 0.15) is 5.69 Å². The Kier molecular flexibility index (Phi) is 6.92. The molecule has 3 N–H and O–H groups in total. The molecule has 0 aliphatic carbocycles. The van der Waals surface area contributed by atoms with Gasteiger partial charge in [-0.25, -0.2) is 0 Å². The molecule has 0 bridgehead atoms. The normalized spacial score (nSPS) is 19.6. The highest BCUT2D eigenvalue weighted by atomic mass is 35.5. The Morgan fingerprint density at radius 2 is 2.07 bits per heavy atom. The first-order chi connectivity index (χ1) is 12.3. The van der Waals surface area contributed by atoms with Gasteiger partial charge in [-0.15, -0.1) is 12.4 Å². The molecule has 2 unspecified atom stereocenters. The van der Waals surface area contributed by atoms with E-state index in [4.69, 9.17) is 11.6 Å². The van der Waals surface area contributed by atoms with Gasteiger partial charge in [0, 0.05) is 37.3 Å². The number of nitrogens with one attached hydrogen (secondary N) is 2.